The van der Waals surface area contributed by atoms with Gasteiger partial charge in [0, 0.05) is 17.5 Å². The monoisotopic (exact) mass is 538 g/mol. The molecule has 0 aromatic heterocycles. The molecule has 0 amide bonds. The number of benzene rings is 2. The number of carbonyl (C=O) groups is 2. The van der Waals surface area contributed by atoms with Gasteiger partial charge in [-0.2, -0.15) is 0 Å². The molecule has 0 atom stereocenters. The predicted molar refractivity (Wildman–Crippen MR) is 143 cm³/mol. The Morgan fingerprint density at radius 1 is 0.611 bits per heavy atom. The Labute approximate surface area is 224 Å². The standard InChI is InChI=1S/C28H36Cl2O6/c1-27(2,15-5-17-33-23-11-7-21(8-12-23)25(29)31)36-20-16-28(3,4)35-19-6-18-34-24-13-9-22(10-14-24)26(30)32/h7-14H,5-6,15-20H2,1-4H3. The van der Waals surface area contributed by atoms with Crippen molar-refractivity contribution in [2.75, 3.05) is 26.4 Å². The third kappa shape index (κ3) is 11.7. The van der Waals surface area contributed by atoms with Gasteiger partial charge in [0.05, 0.1) is 37.6 Å². The SMILES string of the molecule is CC(C)(CCCOc1ccc(C(=O)Cl)cc1)OCCC(C)(C)OCCCOc1ccc(C(=O)Cl)cc1. The number of hydrogen-bond donors (Lipinski definition) is 0. The van der Waals surface area contributed by atoms with E-state index in [-0.39, 0.29) is 11.2 Å². The van der Waals surface area contributed by atoms with Crippen LogP contribution in [0.1, 0.15) is 74.1 Å². The van der Waals surface area contributed by atoms with Gasteiger partial charge in [0.1, 0.15) is 11.5 Å². The highest BCUT2D eigenvalue weighted by Crippen LogP contribution is 2.22. The highest BCUT2D eigenvalue weighted by molar-refractivity contribution is 6.68. The summed E-state index contributed by atoms with van der Waals surface area (Å²) in [5, 5.41) is -0.961. The Morgan fingerprint density at radius 2 is 1.03 bits per heavy atom. The van der Waals surface area contributed by atoms with Crippen LogP contribution in [-0.4, -0.2) is 48.1 Å². The van der Waals surface area contributed by atoms with Gasteiger partial charge in [-0.05, 0) is 119 Å². The topological polar surface area (TPSA) is 71.1 Å². The first-order valence-electron chi connectivity index (χ1n) is 12.1. The number of hydrogen-bond acceptors (Lipinski definition) is 6. The molecule has 2 rings (SSSR count). The predicted octanol–water partition coefficient (Wildman–Crippen LogP) is 7.05. The zero-order valence-corrected chi connectivity index (χ0v) is 23.0. The molecule has 2 aromatic carbocycles. The van der Waals surface area contributed by atoms with Crippen LogP contribution >= 0.6 is 23.2 Å². The number of halogens is 2. The van der Waals surface area contributed by atoms with Gasteiger partial charge in [-0.15, -0.1) is 0 Å². The van der Waals surface area contributed by atoms with E-state index in [4.69, 9.17) is 42.1 Å². The third-order valence-corrected chi connectivity index (χ3v) is 6.04. The van der Waals surface area contributed by atoms with E-state index in [2.05, 4.69) is 27.7 Å². The third-order valence-electron chi connectivity index (χ3n) is 5.60. The summed E-state index contributed by atoms with van der Waals surface area (Å²) in [6.07, 6.45) is 3.21. The van der Waals surface area contributed by atoms with Crippen molar-refractivity contribution in [3.63, 3.8) is 0 Å². The highest BCUT2D eigenvalue weighted by Gasteiger charge is 2.22. The van der Waals surface area contributed by atoms with Gasteiger partial charge in [-0.3, -0.25) is 9.59 Å². The van der Waals surface area contributed by atoms with E-state index < -0.39 is 10.5 Å². The van der Waals surface area contributed by atoms with E-state index in [1.54, 1.807) is 48.5 Å². The fourth-order valence-electron chi connectivity index (χ4n) is 3.37. The molecule has 0 bridgehead atoms. The summed E-state index contributed by atoms with van der Waals surface area (Å²) >= 11 is 10.9. The van der Waals surface area contributed by atoms with Gasteiger partial charge in [0.25, 0.3) is 10.5 Å². The van der Waals surface area contributed by atoms with Crippen LogP contribution in [0.4, 0.5) is 0 Å². The summed E-state index contributed by atoms with van der Waals surface area (Å²) in [5.74, 6) is 1.40. The highest BCUT2D eigenvalue weighted by atomic mass is 35.5. The first-order chi connectivity index (χ1) is 17.0. The van der Waals surface area contributed by atoms with Crippen molar-refractivity contribution < 1.29 is 28.5 Å². The number of rotatable bonds is 17. The molecular formula is C28H36Cl2O6. The number of ether oxygens (including phenoxy) is 4. The molecule has 0 saturated heterocycles. The fourth-order valence-corrected chi connectivity index (χ4v) is 3.62. The normalized spacial score (nSPS) is 11.8. The van der Waals surface area contributed by atoms with Crippen LogP contribution in [0.2, 0.25) is 0 Å². The van der Waals surface area contributed by atoms with Crippen LogP contribution in [0.5, 0.6) is 11.5 Å². The van der Waals surface area contributed by atoms with Crippen molar-refractivity contribution in [2.24, 2.45) is 0 Å². The summed E-state index contributed by atoms with van der Waals surface area (Å²) < 4.78 is 23.6. The molecule has 36 heavy (non-hydrogen) atoms. The minimum absolute atomic E-state index is 0.272. The van der Waals surface area contributed by atoms with Crippen molar-refractivity contribution in [2.45, 2.75) is 64.6 Å². The maximum atomic E-state index is 11.1. The summed E-state index contributed by atoms with van der Waals surface area (Å²) in [6, 6.07) is 13.5. The van der Waals surface area contributed by atoms with E-state index in [0.717, 1.165) is 25.7 Å². The van der Waals surface area contributed by atoms with Crippen LogP contribution < -0.4 is 9.47 Å². The lowest BCUT2D eigenvalue weighted by Crippen LogP contribution is -2.31. The molecule has 6 nitrogen and oxygen atoms in total. The Morgan fingerprint density at radius 3 is 1.50 bits per heavy atom. The van der Waals surface area contributed by atoms with Crippen LogP contribution in [0, 0.1) is 0 Å². The van der Waals surface area contributed by atoms with Crippen LogP contribution in [0.3, 0.4) is 0 Å². The second-order valence-electron chi connectivity index (χ2n) is 9.72. The average Bonchev–Trinajstić information content (AvgIpc) is 2.82. The molecule has 0 aliphatic carbocycles. The molecule has 0 spiro atoms. The zero-order valence-electron chi connectivity index (χ0n) is 21.5. The summed E-state index contributed by atoms with van der Waals surface area (Å²) in [6.45, 7) is 10.5. The molecule has 0 unspecified atom stereocenters. The Kier molecular flexibility index (Phi) is 12.2. The lowest BCUT2D eigenvalue weighted by Gasteiger charge is -2.30. The smallest absolute Gasteiger partial charge is 0.252 e. The molecule has 0 heterocycles. The van der Waals surface area contributed by atoms with Gasteiger partial charge in [-0.25, -0.2) is 0 Å². The van der Waals surface area contributed by atoms with Gasteiger partial charge in [-0.1, -0.05) is 0 Å². The van der Waals surface area contributed by atoms with Crippen molar-refractivity contribution in [1.29, 1.82) is 0 Å². The Balaban J connectivity index is 1.57. The molecular weight excluding hydrogens is 503 g/mol. The summed E-state index contributed by atoms with van der Waals surface area (Å²) in [4.78, 5) is 22.2. The molecule has 198 valence electrons. The Bertz CT molecular complexity index is 955. The second-order valence-corrected chi connectivity index (χ2v) is 10.4. The Hall–Kier alpha value is -2.12. The van der Waals surface area contributed by atoms with E-state index >= 15 is 0 Å². The van der Waals surface area contributed by atoms with Crippen molar-refractivity contribution in [1.82, 2.24) is 0 Å². The molecule has 8 heteroatoms. The quantitative estimate of drug-likeness (QED) is 0.158. The van der Waals surface area contributed by atoms with Gasteiger partial charge in [0.2, 0.25) is 0 Å². The molecule has 0 radical (unpaired) electrons. The molecule has 0 saturated carbocycles. The van der Waals surface area contributed by atoms with Gasteiger partial charge < -0.3 is 18.9 Å². The van der Waals surface area contributed by atoms with Gasteiger partial charge >= 0.3 is 0 Å². The second kappa shape index (κ2) is 14.6. The molecule has 0 aliphatic rings. The lowest BCUT2D eigenvalue weighted by atomic mass is 10.0. The summed E-state index contributed by atoms with van der Waals surface area (Å²) in [7, 11) is 0. The fraction of sp³-hybridized carbons (Fsp3) is 0.500. The lowest BCUT2D eigenvalue weighted by molar-refractivity contribution is -0.0767. The molecule has 0 aliphatic heterocycles. The summed E-state index contributed by atoms with van der Waals surface area (Å²) in [5.41, 5.74) is 0.317. The maximum absolute atomic E-state index is 11.1. The van der Waals surface area contributed by atoms with Crippen molar-refractivity contribution in [3.8, 4) is 11.5 Å². The first-order valence-corrected chi connectivity index (χ1v) is 12.9. The minimum Gasteiger partial charge on any atom is -0.494 e. The molecule has 0 fully saturated rings. The molecule has 0 N–H and O–H groups in total. The van der Waals surface area contributed by atoms with Gasteiger partial charge in [0.15, 0.2) is 0 Å². The minimum atomic E-state index is -0.483. The van der Waals surface area contributed by atoms with Crippen molar-refractivity contribution >= 4 is 33.7 Å². The van der Waals surface area contributed by atoms with Crippen LogP contribution in [0.25, 0.3) is 0 Å². The van der Waals surface area contributed by atoms with E-state index in [1.165, 1.54) is 0 Å². The van der Waals surface area contributed by atoms with E-state index in [1.807, 2.05) is 0 Å². The number of carbonyl (C=O) groups excluding carboxylic acids is 2. The van der Waals surface area contributed by atoms with Crippen LogP contribution in [-0.2, 0) is 9.47 Å². The van der Waals surface area contributed by atoms with E-state index in [9.17, 15) is 9.59 Å². The maximum Gasteiger partial charge on any atom is 0.252 e. The van der Waals surface area contributed by atoms with Crippen LogP contribution in [0.15, 0.2) is 48.5 Å². The van der Waals surface area contributed by atoms with E-state index in [0.29, 0.717) is 49.1 Å². The zero-order chi connectivity index (χ0) is 26.6. The largest absolute Gasteiger partial charge is 0.494 e. The average molecular weight is 539 g/mol. The molecule has 2 aromatic rings. The van der Waals surface area contributed by atoms with Crippen molar-refractivity contribution in [3.05, 3.63) is 59.7 Å². The first kappa shape index (κ1) is 30.1.